The van der Waals surface area contributed by atoms with Crippen molar-refractivity contribution in [3.8, 4) is 0 Å². The predicted octanol–water partition coefficient (Wildman–Crippen LogP) is -0.0781. The number of aliphatic imine (C=N–C) groups is 1. The van der Waals surface area contributed by atoms with Gasteiger partial charge < -0.3 is 5.11 Å². The van der Waals surface area contributed by atoms with Gasteiger partial charge in [-0.05, 0) is 0 Å². The molecule has 0 aliphatic carbocycles. The fraction of sp³-hybridized carbons (Fsp3) is 0.750. The molecular formula is C4H6ClNO2. The van der Waals surface area contributed by atoms with Gasteiger partial charge in [-0.3, -0.25) is 0 Å². The fourth-order valence-corrected chi connectivity index (χ4v) is 0.289. The van der Waals surface area contributed by atoms with Crippen molar-refractivity contribution in [1.82, 2.24) is 0 Å². The Morgan fingerprint density at radius 2 is 2.50 bits per heavy atom. The lowest BCUT2D eigenvalue weighted by Crippen LogP contribution is -2.11. The second kappa shape index (κ2) is 4.78. The Balaban J connectivity index is 3.23. The molecule has 0 saturated carbocycles. The lowest BCUT2D eigenvalue weighted by molar-refractivity contribution is 0.207. The largest absolute Gasteiger partial charge is 0.390 e. The molecule has 0 radical (unpaired) electrons. The van der Waals surface area contributed by atoms with Gasteiger partial charge in [-0.1, -0.05) is 0 Å². The fourth-order valence-electron chi connectivity index (χ4n) is 0.191. The highest BCUT2D eigenvalue weighted by molar-refractivity contribution is 6.18. The average molecular weight is 136 g/mol. The first-order valence-electron chi connectivity index (χ1n) is 2.09. The van der Waals surface area contributed by atoms with E-state index >= 15 is 0 Å². The van der Waals surface area contributed by atoms with Gasteiger partial charge in [0, 0.05) is 0 Å². The first-order chi connectivity index (χ1) is 3.81. The molecule has 4 heteroatoms. The van der Waals surface area contributed by atoms with Gasteiger partial charge in [0.1, 0.15) is 0 Å². The molecule has 0 aliphatic rings. The molecular weight excluding hydrogens is 130 g/mol. The molecule has 0 aromatic rings. The van der Waals surface area contributed by atoms with Gasteiger partial charge in [0.05, 0.1) is 18.5 Å². The summed E-state index contributed by atoms with van der Waals surface area (Å²) in [5.74, 6) is 0.102. The summed E-state index contributed by atoms with van der Waals surface area (Å²) >= 11 is 5.15. The number of nitrogens with zero attached hydrogens (tertiary/aromatic N) is 1. The van der Waals surface area contributed by atoms with Crippen molar-refractivity contribution < 1.29 is 9.90 Å². The maximum Gasteiger partial charge on any atom is 0.235 e. The van der Waals surface area contributed by atoms with E-state index in [1.165, 1.54) is 6.08 Å². The van der Waals surface area contributed by atoms with Crippen LogP contribution in [0.5, 0.6) is 0 Å². The van der Waals surface area contributed by atoms with Crippen molar-refractivity contribution in [2.75, 3.05) is 12.4 Å². The van der Waals surface area contributed by atoms with Gasteiger partial charge in [0.25, 0.3) is 0 Å². The van der Waals surface area contributed by atoms with Crippen molar-refractivity contribution in [2.45, 2.75) is 6.10 Å². The highest BCUT2D eigenvalue weighted by Gasteiger charge is 1.96. The van der Waals surface area contributed by atoms with Gasteiger partial charge >= 0.3 is 0 Å². The molecule has 0 aromatic heterocycles. The van der Waals surface area contributed by atoms with Gasteiger partial charge in [-0.15, -0.1) is 11.6 Å². The molecule has 1 unspecified atom stereocenters. The minimum atomic E-state index is -0.710. The van der Waals surface area contributed by atoms with Crippen molar-refractivity contribution in [3.05, 3.63) is 0 Å². The Kier molecular flexibility index (Phi) is 4.56. The van der Waals surface area contributed by atoms with Crippen LogP contribution in [0.2, 0.25) is 0 Å². The lowest BCUT2D eigenvalue weighted by Gasteiger charge is -1.96. The number of hydrogen-bond donors (Lipinski definition) is 1. The Labute approximate surface area is 52.0 Å². The summed E-state index contributed by atoms with van der Waals surface area (Å²) in [6.07, 6.45) is 0.579. The Bertz CT molecular complexity index is 100. The molecule has 0 aromatic carbocycles. The highest BCUT2D eigenvalue weighted by atomic mass is 35.5. The molecule has 0 spiro atoms. The molecule has 1 N–H and O–H groups in total. The molecule has 3 nitrogen and oxygen atoms in total. The van der Waals surface area contributed by atoms with Gasteiger partial charge in [-0.2, -0.15) is 0 Å². The first-order valence-corrected chi connectivity index (χ1v) is 2.62. The summed E-state index contributed by atoms with van der Waals surface area (Å²) in [5, 5.41) is 8.58. The molecule has 0 saturated heterocycles. The Morgan fingerprint density at radius 3 is 2.88 bits per heavy atom. The van der Waals surface area contributed by atoms with E-state index in [0.717, 1.165) is 0 Å². The zero-order valence-corrected chi connectivity index (χ0v) is 4.93. The summed E-state index contributed by atoms with van der Waals surface area (Å²) in [5.41, 5.74) is 0. The van der Waals surface area contributed by atoms with Crippen LogP contribution in [0.3, 0.4) is 0 Å². The van der Waals surface area contributed by atoms with Crippen molar-refractivity contribution >= 4 is 17.7 Å². The number of alkyl halides is 1. The van der Waals surface area contributed by atoms with E-state index in [1.54, 1.807) is 0 Å². The van der Waals surface area contributed by atoms with Gasteiger partial charge in [-0.25, -0.2) is 9.79 Å². The van der Waals surface area contributed by atoms with Crippen LogP contribution in [0.15, 0.2) is 4.99 Å². The quantitative estimate of drug-likeness (QED) is 0.334. The normalized spacial score (nSPS) is 12.2. The van der Waals surface area contributed by atoms with E-state index in [9.17, 15) is 4.79 Å². The summed E-state index contributed by atoms with van der Waals surface area (Å²) in [6.45, 7) is 0.0486. The molecule has 0 rings (SSSR count). The monoisotopic (exact) mass is 135 g/mol. The van der Waals surface area contributed by atoms with Gasteiger partial charge in [0.2, 0.25) is 6.08 Å². The number of aliphatic hydroxyl groups is 1. The standard InChI is InChI=1S/C4H6ClNO2/c5-1-4(8)2-6-3-7/h4,8H,1-2H2. The zero-order valence-electron chi connectivity index (χ0n) is 4.17. The maximum atomic E-state index is 9.38. The van der Waals surface area contributed by atoms with E-state index in [4.69, 9.17) is 16.7 Å². The lowest BCUT2D eigenvalue weighted by atomic mass is 10.4. The summed E-state index contributed by atoms with van der Waals surface area (Å²) in [6, 6.07) is 0. The predicted molar refractivity (Wildman–Crippen MR) is 29.7 cm³/mol. The third-order valence-corrected chi connectivity index (χ3v) is 0.901. The topological polar surface area (TPSA) is 49.7 Å². The van der Waals surface area contributed by atoms with E-state index < -0.39 is 6.10 Å². The van der Waals surface area contributed by atoms with E-state index in [0.29, 0.717) is 0 Å². The first kappa shape index (κ1) is 7.63. The molecule has 0 amide bonds. The van der Waals surface area contributed by atoms with Crippen LogP contribution < -0.4 is 0 Å². The Morgan fingerprint density at radius 1 is 1.88 bits per heavy atom. The zero-order chi connectivity index (χ0) is 6.41. The van der Waals surface area contributed by atoms with Crippen LogP contribution in [-0.2, 0) is 4.79 Å². The summed E-state index contributed by atoms with van der Waals surface area (Å²) in [4.78, 5) is 12.5. The number of carbonyl (C=O) groups excluding carboxylic acids is 1. The Hall–Kier alpha value is -0.370. The van der Waals surface area contributed by atoms with Crippen molar-refractivity contribution in [3.63, 3.8) is 0 Å². The molecule has 1 atom stereocenters. The third kappa shape index (κ3) is 3.81. The van der Waals surface area contributed by atoms with Gasteiger partial charge in [0.15, 0.2) is 0 Å². The second-order valence-corrected chi connectivity index (χ2v) is 1.55. The number of aliphatic hydroxyl groups excluding tert-OH is 1. The number of rotatable bonds is 3. The van der Waals surface area contributed by atoms with Crippen LogP contribution in [0.1, 0.15) is 0 Å². The minimum absolute atomic E-state index is 0.0486. The van der Waals surface area contributed by atoms with Crippen molar-refractivity contribution in [2.24, 2.45) is 4.99 Å². The van der Waals surface area contributed by atoms with E-state index in [1.807, 2.05) is 0 Å². The summed E-state index contributed by atoms with van der Waals surface area (Å²) < 4.78 is 0. The number of halogens is 1. The van der Waals surface area contributed by atoms with E-state index in [2.05, 4.69) is 4.99 Å². The molecule has 0 heterocycles. The van der Waals surface area contributed by atoms with Crippen LogP contribution in [-0.4, -0.2) is 29.7 Å². The average Bonchev–Trinajstić information content (AvgIpc) is 1.83. The molecule has 0 bridgehead atoms. The molecule has 46 valence electrons. The van der Waals surface area contributed by atoms with Crippen molar-refractivity contribution in [1.29, 1.82) is 0 Å². The highest BCUT2D eigenvalue weighted by Crippen LogP contribution is 1.85. The minimum Gasteiger partial charge on any atom is -0.390 e. The molecule has 0 fully saturated rings. The van der Waals surface area contributed by atoms with Crippen LogP contribution in [0, 0.1) is 0 Å². The summed E-state index contributed by atoms with van der Waals surface area (Å²) in [7, 11) is 0. The second-order valence-electron chi connectivity index (χ2n) is 1.24. The number of hydrogen-bond acceptors (Lipinski definition) is 3. The van der Waals surface area contributed by atoms with Crippen LogP contribution >= 0.6 is 11.6 Å². The molecule has 8 heavy (non-hydrogen) atoms. The third-order valence-electron chi connectivity index (χ3n) is 0.545. The maximum absolute atomic E-state index is 9.38. The number of isocyanates is 1. The van der Waals surface area contributed by atoms with E-state index in [-0.39, 0.29) is 12.4 Å². The van der Waals surface area contributed by atoms with Crippen LogP contribution in [0.25, 0.3) is 0 Å². The van der Waals surface area contributed by atoms with Crippen LogP contribution in [0.4, 0.5) is 0 Å². The SMILES string of the molecule is O=C=NCC(O)CCl. The molecule has 0 aliphatic heterocycles. The smallest absolute Gasteiger partial charge is 0.235 e.